The molecule has 458 valence electrons. The first-order valence-electron chi connectivity index (χ1n) is 26.6. The molecule has 1 fully saturated rings. The van der Waals surface area contributed by atoms with Gasteiger partial charge in [-0.15, -0.1) is 0 Å². The first kappa shape index (κ1) is 70.8. The second-order valence-corrected chi connectivity index (χ2v) is 21.6. The second-order valence-electron chi connectivity index (χ2n) is 19.6. The molecule has 1 aliphatic rings. The normalized spacial score (nSPS) is 15.5. The quantitative estimate of drug-likeness (QED) is 0.0167. The molecule has 12 amide bonds. The van der Waals surface area contributed by atoms with Gasteiger partial charge >= 0.3 is 5.97 Å². The van der Waals surface area contributed by atoms with Gasteiger partial charge in [-0.2, -0.15) is 0 Å². The number of amides is 12. The molecule has 0 radical (unpaired) electrons. The molecule has 0 unspecified atom stereocenters. The fourth-order valence-corrected chi connectivity index (χ4v) is 7.89. The van der Waals surface area contributed by atoms with Crippen molar-refractivity contribution in [2.75, 3.05) is 65.8 Å². The molecule has 1 saturated heterocycles. The van der Waals surface area contributed by atoms with Gasteiger partial charge in [0.25, 0.3) is 0 Å². The van der Waals surface area contributed by atoms with E-state index >= 15 is 0 Å². The lowest BCUT2D eigenvalue weighted by molar-refractivity contribution is -0.147. The Morgan fingerprint density at radius 2 is 1.23 bits per heavy atom. The van der Waals surface area contributed by atoms with Gasteiger partial charge in [0.2, 0.25) is 70.9 Å². The topological polar surface area (TPSA) is 470 Å². The van der Waals surface area contributed by atoms with Crippen molar-refractivity contribution in [1.29, 1.82) is 0 Å². The molecule has 0 spiro atoms. The number of nitrogens with zero attached hydrogens (tertiary/aromatic N) is 1. The maximum absolute atomic E-state index is 14.1. The number of ether oxygens (including phenoxy) is 2. The highest BCUT2D eigenvalue weighted by molar-refractivity contribution is 9.10. The predicted octanol–water partition coefficient (Wildman–Crippen LogP) is -5.88. The van der Waals surface area contributed by atoms with Crippen molar-refractivity contribution in [3.8, 4) is 0 Å². The van der Waals surface area contributed by atoms with E-state index in [1.54, 1.807) is 58.0 Å². The van der Waals surface area contributed by atoms with Crippen molar-refractivity contribution in [2.45, 2.75) is 132 Å². The van der Waals surface area contributed by atoms with E-state index in [0.29, 0.717) is 18.4 Å². The van der Waals surface area contributed by atoms with Gasteiger partial charge in [0, 0.05) is 39.0 Å². The number of alkyl halides is 1. The van der Waals surface area contributed by atoms with E-state index in [4.69, 9.17) is 31.8 Å². The van der Waals surface area contributed by atoms with Crippen LogP contribution in [0.25, 0.3) is 0 Å². The number of rotatable bonds is 38. The highest BCUT2D eigenvalue weighted by Gasteiger charge is 2.37. The molecule has 82 heavy (non-hydrogen) atoms. The Morgan fingerprint density at radius 3 is 1.80 bits per heavy atom. The zero-order valence-corrected chi connectivity index (χ0v) is 48.1. The molecule has 0 bridgehead atoms. The van der Waals surface area contributed by atoms with Gasteiger partial charge in [-0.1, -0.05) is 66.5 Å². The number of carbonyl (C=O) groups is 13. The van der Waals surface area contributed by atoms with Crippen LogP contribution in [0.15, 0.2) is 30.3 Å². The number of esters is 1. The number of hydrogen-bond donors (Lipinski definition) is 14. The van der Waals surface area contributed by atoms with E-state index in [0.717, 1.165) is 0 Å². The average molecular weight is 1230 g/mol. The van der Waals surface area contributed by atoms with Crippen LogP contribution in [0.2, 0.25) is 0 Å². The molecule has 0 aliphatic carbocycles. The largest absolute Gasteiger partial charge is 0.462 e. The molecule has 0 aromatic heterocycles. The van der Waals surface area contributed by atoms with Gasteiger partial charge < -0.3 is 89.6 Å². The van der Waals surface area contributed by atoms with Crippen molar-refractivity contribution in [2.24, 2.45) is 23.1 Å². The van der Waals surface area contributed by atoms with Crippen LogP contribution in [0, 0.1) is 5.92 Å². The number of aliphatic hydroxyl groups is 2. The first-order valence-corrected chi connectivity index (χ1v) is 27.4. The summed E-state index contributed by atoms with van der Waals surface area (Å²) in [6.07, 6.45) is -0.834. The fraction of sp³-hybridized carbons (Fsp3) is 0.627. The summed E-state index contributed by atoms with van der Waals surface area (Å²) < 4.78 is 9.55. The lowest BCUT2D eigenvalue weighted by Crippen LogP contribution is -2.58. The van der Waals surface area contributed by atoms with Crippen molar-refractivity contribution in [3.05, 3.63) is 35.9 Å². The number of benzene rings is 1. The summed E-state index contributed by atoms with van der Waals surface area (Å²) >= 11 is 3.19. The zero-order valence-electron chi connectivity index (χ0n) is 46.5. The van der Waals surface area contributed by atoms with Gasteiger partial charge in [-0.3, -0.25) is 62.3 Å². The van der Waals surface area contributed by atoms with Crippen LogP contribution < -0.4 is 65.1 Å². The molecule has 31 heteroatoms. The van der Waals surface area contributed by atoms with Gasteiger partial charge in [-0.25, -0.2) is 0 Å². The van der Waals surface area contributed by atoms with Crippen LogP contribution in [0.4, 0.5) is 0 Å². The Kier molecular flexibility index (Phi) is 31.8. The predicted molar refractivity (Wildman–Crippen MR) is 294 cm³/mol. The number of primary amides is 2. The highest BCUT2D eigenvalue weighted by Crippen LogP contribution is 2.19. The van der Waals surface area contributed by atoms with E-state index in [2.05, 4.69) is 63.8 Å². The van der Waals surface area contributed by atoms with Crippen LogP contribution in [-0.2, 0) is 78.2 Å². The number of nitrogens with two attached hydrogens (primary N) is 3. The van der Waals surface area contributed by atoms with Crippen LogP contribution in [0.3, 0.4) is 0 Å². The standard InChI is InChI=1S/C51H80BrN13O17/c1-5-29(2)42(64-40(71)26-57-45(75)32(13-15-37(54)68)62-48(78)36-12-9-19-65(36)41(72)27-59-43(73)31(53)28-67)49(79)63-35(24-30-10-7-6-8-11-30)46(76)58-25-39(70)60-33(14-16-38(55)69)47(77)61-34(17-20-66)44(74)56-18-21-81-22-23-82-50(80)51(3,4)52/h6-8,10-11,29,31-36,42,66-67H,5,9,12-28,53H2,1-4H3,(H2,54,68)(H2,55,69)(H,56,74)(H,57,75)(H,58,76)(H,59,73)(H,60,70)(H,61,77)(H,62,78)(H,63,79)(H,64,71)/t29-,31-,32-,33-,34-,35-,36-,42-/m0/s1. The first-order chi connectivity index (χ1) is 38.7. The Bertz CT molecular complexity index is 2360. The molecule has 1 aromatic rings. The molecular weight excluding hydrogens is 1150 g/mol. The molecule has 1 heterocycles. The van der Waals surface area contributed by atoms with Gasteiger partial charge in [-0.05, 0) is 57.4 Å². The molecule has 8 atom stereocenters. The monoisotopic (exact) mass is 1230 g/mol. The Morgan fingerprint density at radius 1 is 0.683 bits per heavy atom. The average Bonchev–Trinajstić information content (AvgIpc) is 3.98. The highest BCUT2D eigenvalue weighted by atomic mass is 79.9. The van der Waals surface area contributed by atoms with E-state index in [-0.39, 0.29) is 77.9 Å². The fourth-order valence-electron chi connectivity index (χ4n) is 7.78. The SMILES string of the molecule is CC[C@H](C)[C@H](NC(=O)CNC(=O)[C@H](CCC(N)=O)NC(=O)[C@@H]1CCCN1C(=O)CNC(=O)[C@@H](N)CO)C(=O)N[C@@H](Cc1ccccc1)C(=O)NCC(=O)N[C@@H](CCC(N)=O)C(=O)N[C@@H](CCO)C(=O)NCCOCCOC(=O)C(C)(C)Br. The maximum Gasteiger partial charge on any atom is 0.322 e. The van der Waals surface area contributed by atoms with Gasteiger partial charge in [0.1, 0.15) is 53.2 Å². The molecular formula is C51H80BrN13O17. The number of aliphatic hydroxyl groups excluding tert-OH is 2. The van der Waals surface area contributed by atoms with E-state index in [9.17, 15) is 67.4 Å². The molecule has 17 N–H and O–H groups in total. The van der Waals surface area contributed by atoms with Crippen molar-refractivity contribution in [3.63, 3.8) is 0 Å². The number of halogens is 1. The van der Waals surface area contributed by atoms with E-state index < -0.39 is 162 Å². The third kappa shape index (κ3) is 26.5. The molecule has 30 nitrogen and oxygen atoms in total. The minimum Gasteiger partial charge on any atom is -0.462 e. The van der Waals surface area contributed by atoms with E-state index in [1.807, 2.05) is 0 Å². The summed E-state index contributed by atoms with van der Waals surface area (Å²) in [5, 5.41) is 40.9. The van der Waals surface area contributed by atoms with E-state index in [1.165, 1.54) is 4.90 Å². The molecule has 0 saturated carbocycles. The summed E-state index contributed by atoms with van der Waals surface area (Å²) in [5.41, 5.74) is 16.7. The number of carbonyl (C=O) groups excluding carboxylic acids is 13. The Balaban J connectivity index is 2.15. The van der Waals surface area contributed by atoms with Crippen LogP contribution >= 0.6 is 15.9 Å². The molecule has 1 aliphatic heterocycles. The summed E-state index contributed by atoms with van der Waals surface area (Å²) in [4.78, 5) is 170. The smallest absolute Gasteiger partial charge is 0.322 e. The van der Waals surface area contributed by atoms with Gasteiger partial charge in [0.15, 0.2) is 0 Å². The summed E-state index contributed by atoms with van der Waals surface area (Å²) in [5.74, 6) is -11.0. The van der Waals surface area contributed by atoms with Crippen LogP contribution in [0.5, 0.6) is 0 Å². The lowest BCUT2D eigenvalue weighted by Gasteiger charge is -2.27. The second kappa shape index (κ2) is 36.9. The minimum atomic E-state index is -1.47. The lowest BCUT2D eigenvalue weighted by atomic mass is 9.97. The Labute approximate surface area is 482 Å². The van der Waals surface area contributed by atoms with Crippen molar-refractivity contribution < 1.29 is 82.0 Å². The summed E-state index contributed by atoms with van der Waals surface area (Å²) in [6.45, 7) is 3.45. The van der Waals surface area contributed by atoms with Crippen molar-refractivity contribution >= 4 is 92.8 Å². The van der Waals surface area contributed by atoms with Gasteiger partial charge in [0.05, 0.1) is 39.5 Å². The third-order valence-corrected chi connectivity index (χ3v) is 12.9. The Hall–Kier alpha value is -7.35. The van der Waals surface area contributed by atoms with Crippen molar-refractivity contribution in [1.82, 2.24) is 52.8 Å². The summed E-state index contributed by atoms with van der Waals surface area (Å²) in [7, 11) is 0. The number of hydrogen-bond acceptors (Lipinski definition) is 18. The number of nitrogens with one attached hydrogen (secondary N) is 9. The number of likely N-dealkylation sites (tertiary alicyclic amines) is 1. The zero-order chi connectivity index (χ0) is 61.5. The van der Waals surface area contributed by atoms with Crippen LogP contribution in [-0.4, -0.2) is 204 Å². The molecule has 1 aromatic carbocycles. The maximum atomic E-state index is 14.1. The van der Waals surface area contributed by atoms with Crippen LogP contribution in [0.1, 0.15) is 84.6 Å². The minimum absolute atomic E-state index is 0.00363. The summed E-state index contributed by atoms with van der Waals surface area (Å²) in [6, 6.07) is -0.813. The molecule has 2 rings (SSSR count). The third-order valence-electron chi connectivity index (χ3n) is 12.6.